The molecule has 2 amide bonds. The molecule has 5 nitrogen and oxygen atoms in total. The lowest BCUT2D eigenvalue weighted by molar-refractivity contribution is -0.142. The minimum absolute atomic E-state index is 0.179. The highest BCUT2D eigenvalue weighted by molar-refractivity contribution is 5.80. The second-order valence-corrected chi connectivity index (χ2v) is 3.25. The fraction of sp³-hybridized carbons (Fsp3) is 0.778. The molecule has 0 fully saturated rings. The number of esters is 1. The summed E-state index contributed by atoms with van der Waals surface area (Å²) in [5, 5.41) is 2.15. The first kappa shape index (κ1) is 15.5. The first-order valence-electron chi connectivity index (χ1n) is 4.97. The van der Waals surface area contributed by atoms with E-state index >= 15 is 0 Å². The Morgan fingerprint density at radius 1 is 1.35 bits per heavy atom. The average Bonchev–Trinajstić information content (AvgIpc) is 2.22. The van der Waals surface area contributed by atoms with E-state index in [1.165, 1.54) is 7.05 Å². The lowest BCUT2D eigenvalue weighted by Crippen LogP contribution is -2.41. The minimum Gasteiger partial charge on any atom is -0.465 e. The maximum atomic E-state index is 11.9. The van der Waals surface area contributed by atoms with Crippen LogP contribution in [-0.2, 0) is 9.53 Å². The molecule has 0 spiro atoms. The topological polar surface area (TPSA) is 58.6 Å². The molecule has 1 N–H and O–H groups in total. The van der Waals surface area contributed by atoms with Gasteiger partial charge in [-0.25, -0.2) is 4.79 Å². The molecule has 0 aliphatic heterocycles. The van der Waals surface area contributed by atoms with Crippen LogP contribution in [0.5, 0.6) is 0 Å². The van der Waals surface area contributed by atoms with Crippen molar-refractivity contribution in [2.24, 2.45) is 0 Å². The number of rotatable bonds is 5. The van der Waals surface area contributed by atoms with Crippen LogP contribution in [0.3, 0.4) is 0 Å². The molecule has 0 saturated heterocycles. The van der Waals surface area contributed by atoms with Gasteiger partial charge in [0, 0.05) is 13.6 Å². The Hall–Kier alpha value is -1.47. The lowest BCUT2D eigenvalue weighted by atomic mass is 10.4. The first-order chi connectivity index (χ1) is 7.76. The lowest BCUT2D eigenvalue weighted by Gasteiger charge is -2.18. The molecule has 8 heteroatoms. The van der Waals surface area contributed by atoms with E-state index in [2.05, 4.69) is 10.1 Å². The summed E-state index contributed by atoms with van der Waals surface area (Å²) >= 11 is 0. The van der Waals surface area contributed by atoms with Crippen LogP contribution < -0.4 is 5.32 Å². The van der Waals surface area contributed by atoms with Crippen molar-refractivity contribution in [3.63, 3.8) is 0 Å². The van der Waals surface area contributed by atoms with Gasteiger partial charge in [0.2, 0.25) is 0 Å². The highest BCUT2D eigenvalue weighted by atomic mass is 19.4. The SMILES string of the molecule is CCOC(=O)CNC(=O)N(C)CCC(F)(F)F. The zero-order valence-electron chi connectivity index (χ0n) is 9.63. The van der Waals surface area contributed by atoms with Crippen LogP contribution in [0.15, 0.2) is 0 Å². The molecule has 0 aromatic heterocycles. The predicted molar refractivity (Wildman–Crippen MR) is 53.3 cm³/mol. The van der Waals surface area contributed by atoms with Crippen molar-refractivity contribution in [1.82, 2.24) is 10.2 Å². The Balaban J connectivity index is 3.86. The van der Waals surface area contributed by atoms with E-state index < -0.39 is 31.1 Å². The van der Waals surface area contributed by atoms with Gasteiger partial charge in [0.05, 0.1) is 13.0 Å². The largest absolute Gasteiger partial charge is 0.465 e. The van der Waals surface area contributed by atoms with Crippen LogP contribution in [0.4, 0.5) is 18.0 Å². The van der Waals surface area contributed by atoms with Gasteiger partial charge >= 0.3 is 18.2 Å². The van der Waals surface area contributed by atoms with Gasteiger partial charge in [0.1, 0.15) is 6.54 Å². The molecule has 17 heavy (non-hydrogen) atoms. The number of carbonyl (C=O) groups excluding carboxylic acids is 2. The van der Waals surface area contributed by atoms with Crippen molar-refractivity contribution in [2.75, 3.05) is 26.7 Å². The number of alkyl halides is 3. The van der Waals surface area contributed by atoms with E-state index in [0.29, 0.717) is 0 Å². The van der Waals surface area contributed by atoms with E-state index in [-0.39, 0.29) is 13.2 Å². The predicted octanol–water partition coefficient (Wildman–Crippen LogP) is 1.14. The molecule has 0 aromatic carbocycles. The highest BCUT2D eigenvalue weighted by Crippen LogP contribution is 2.19. The number of halogens is 3. The molecule has 100 valence electrons. The maximum Gasteiger partial charge on any atom is 0.390 e. The Morgan fingerprint density at radius 2 is 1.94 bits per heavy atom. The third kappa shape index (κ3) is 8.35. The zero-order chi connectivity index (χ0) is 13.5. The van der Waals surface area contributed by atoms with Gasteiger partial charge < -0.3 is 15.0 Å². The van der Waals surface area contributed by atoms with Crippen LogP contribution >= 0.6 is 0 Å². The Labute approximate surface area is 96.9 Å². The molecular weight excluding hydrogens is 241 g/mol. The maximum absolute atomic E-state index is 11.9. The van der Waals surface area contributed by atoms with E-state index in [1.54, 1.807) is 6.92 Å². The number of urea groups is 1. The first-order valence-corrected chi connectivity index (χ1v) is 4.97. The summed E-state index contributed by atoms with van der Waals surface area (Å²) in [5.74, 6) is -0.634. The standard InChI is InChI=1S/C9H15F3N2O3/c1-3-17-7(15)6-13-8(16)14(2)5-4-9(10,11)12/h3-6H2,1-2H3,(H,13,16). The molecule has 0 aliphatic carbocycles. The Kier molecular flexibility index (Phi) is 6.37. The van der Waals surface area contributed by atoms with Gasteiger partial charge in [-0.2, -0.15) is 13.2 Å². The molecule has 0 heterocycles. The molecular formula is C9H15F3N2O3. The van der Waals surface area contributed by atoms with Crippen LogP contribution in [0.25, 0.3) is 0 Å². The molecule has 0 radical (unpaired) electrons. The number of carbonyl (C=O) groups is 2. The van der Waals surface area contributed by atoms with Crippen molar-refractivity contribution in [2.45, 2.75) is 19.5 Å². The quantitative estimate of drug-likeness (QED) is 0.750. The van der Waals surface area contributed by atoms with Crippen LogP contribution in [0.1, 0.15) is 13.3 Å². The summed E-state index contributed by atoms with van der Waals surface area (Å²) < 4.78 is 40.1. The summed E-state index contributed by atoms with van der Waals surface area (Å²) in [6, 6.07) is -0.748. The van der Waals surface area contributed by atoms with Crippen LogP contribution in [-0.4, -0.2) is 49.8 Å². The molecule has 0 aliphatic rings. The van der Waals surface area contributed by atoms with Gasteiger partial charge in [0.25, 0.3) is 0 Å². The number of nitrogens with zero attached hydrogens (tertiary/aromatic N) is 1. The number of amides is 2. The summed E-state index contributed by atoms with van der Waals surface area (Å²) in [4.78, 5) is 22.9. The molecule has 0 bridgehead atoms. The third-order valence-electron chi connectivity index (χ3n) is 1.77. The van der Waals surface area contributed by atoms with Crippen LogP contribution in [0, 0.1) is 0 Å². The number of nitrogens with one attached hydrogen (secondary N) is 1. The molecule has 0 aromatic rings. The van der Waals surface area contributed by atoms with Crippen molar-refractivity contribution in [1.29, 1.82) is 0 Å². The van der Waals surface area contributed by atoms with Gasteiger partial charge in [-0.15, -0.1) is 0 Å². The van der Waals surface area contributed by atoms with Gasteiger partial charge in [-0.3, -0.25) is 4.79 Å². The second kappa shape index (κ2) is 6.97. The third-order valence-corrected chi connectivity index (χ3v) is 1.77. The second-order valence-electron chi connectivity index (χ2n) is 3.25. The van der Waals surface area contributed by atoms with Crippen molar-refractivity contribution >= 4 is 12.0 Å². The fourth-order valence-electron chi connectivity index (χ4n) is 0.891. The van der Waals surface area contributed by atoms with E-state index in [9.17, 15) is 22.8 Å². The highest BCUT2D eigenvalue weighted by Gasteiger charge is 2.28. The van der Waals surface area contributed by atoms with E-state index in [1.807, 2.05) is 0 Å². The van der Waals surface area contributed by atoms with E-state index in [0.717, 1.165) is 4.90 Å². The van der Waals surface area contributed by atoms with Gasteiger partial charge in [-0.1, -0.05) is 0 Å². The fourth-order valence-corrected chi connectivity index (χ4v) is 0.891. The van der Waals surface area contributed by atoms with Crippen molar-refractivity contribution < 1.29 is 27.5 Å². The molecule has 0 atom stereocenters. The average molecular weight is 256 g/mol. The Morgan fingerprint density at radius 3 is 2.41 bits per heavy atom. The summed E-state index contributed by atoms with van der Waals surface area (Å²) in [6.07, 6.45) is -5.40. The smallest absolute Gasteiger partial charge is 0.390 e. The Bertz CT molecular complexity index is 269. The molecule has 0 rings (SSSR count). The number of ether oxygens (including phenoxy) is 1. The number of hydrogen-bond donors (Lipinski definition) is 1. The summed E-state index contributed by atoms with van der Waals surface area (Å²) in [6.45, 7) is 0.967. The van der Waals surface area contributed by atoms with Crippen molar-refractivity contribution in [3.05, 3.63) is 0 Å². The van der Waals surface area contributed by atoms with Crippen LogP contribution in [0.2, 0.25) is 0 Å². The normalized spacial score (nSPS) is 10.9. The molecule has 0 unspecified atom stereocenters. The van der Waals surface area contributed by atoms with E-state index in [4.69, 9.17) is 0 Å². The number of hydrogen-bond acceptors (Lipinski definition) is 3. The van der Waals surface area contributed by atoms with Gasteiger partial charge in [-0.05, 0) is 6.92 Å². The monoisotopic (exact) mass is 256 g/mol. The van der Waals surface area contributed by atoms with Crippen molar-refractivity contribution in [3.8, 4) is 0 Å². The van der Waals surface area contributed by atoms with Gasteiger partial charge in [0.15, 0.2) is 0 Å². The summed E-state index contributed by atoms with van der Waals surface area (Å²) in [7, 11) is 1.21. The summed E-state index contributed by atoms with van der Waals surface area (Å²) in [5.41, 5.74) is 0. The molecule has 0 saturated carbocycles. The minimum atomic E-state index is -4.31. The zero-order valence-corrected chi connectivity index (χ0v) is 9.63.